The van der Waals surface area contributed by atoms with Crippen LogP contribution in [0.3, 0.4) is 0 Å². The first kappa shape index (κ1) is 27.0. The SMILES string of the molecule is CC(C)(C)OC(=O)COc1ccc(C2C(CCC(=O)c3ccc(F)cc3)C(=O)N2c2ccc(F)cc2)cc1. The molecule has 1 fully saturated rings. The zero-order valence-electron chi connectivity index (χ0n) is 21.4. The monoisotopic (exact) mass is 521 g/mol. The third kappa shape index (κ3) is 6.43. The molecule has 1 aliphatic rings. The molecule has 2 unspecified atom stereocenters. The molecule has 3 aromatic rings. The summed E-state index contributed by atoms with van der Waals surface area (Å²) in [7, 11) is 0. The first-order valence-corrected chi connectivity index (χ1v) is 12.3. The van der Waals surface area contributed by atoms with Crippen LogP contribution < -0.4 is 9.64 Å². The lowest BCUT2D eigenvalue weighted by Gasteiger charge is -2.47. The fraction of sp³-hybridized carbons (Fsp3) is 0.300. The minimum absolute atomic E-state index is 0.118. The highest BCUT2D eigenvalue weighted by Gasteiger charge is 2.48. The van der Waals surface area contributed by atoms with Crippen LogP contribution in [0.2, 0.25) is 0 Å². The minimum atomic E-state index is -0.613. The molecule has 4 rings (SSSR count). The van der Waals surface area contributed by atoms with Gasteiger partial charge in [0.1, 0.15) is 23.0 Å². The predicted octanol–water partition coefficient (Wildman–Crippen LogP) is 6.05. The van der Waals surface area contributed by atoms with Gasteiger partial charge in [-0.05, 0) is 93.4 Å². The summed E-state index contributed by atoms with van der Waals surface area (Å²) < 4.78 is 37.5. The quantitative estimate of drug-likeness (QED) is 0.195. The van der Waals surface area contributed by atoms with Gasteiger partial charge in [0, 0.05) is 17.7 Å². The fourth-order valence-electron chi connectivity index (χ4n) is 4.44. The number of rotatable bonds is 9. The van der Waals surface area contributed by atoms with Gasteiger partial charge in [0.25, 0.3) is 0 Å². The Hall–Kier alpha value is -4.07. The highest BCUT2D eigenvalue weighted by atomic mass is 19.1. The van der Waals surface area contributed by atoms with Crippen molar-refractivity contribution in [2.24, 2.45) is 5.92 Å². The molecule has 0 saturated carbocycles. The van der Waals surface area contributed by atoms with Gasteiger partial charge in [0.2, 0.25) is 5.91 Å². The molecule has 1 saturated heterocycles. The van der Waals surface area contributed by atoms with E-state index in [-0.39, 0.29) is 30.8 Å². The largest absolute Gasteiger partial charge is 0.482 e. The number of ether oxygens (including phenoxy) is 2. The maximum absolute atomic E-state index is 13.5. The van der Waals surface area contributed by atoms with Gasteiger partial charge < -0.3 is 14.4 Å². The van der Waals surface area contributed by atoms with E-state index in [1.807, 2.05) is 0 Å². The number of Topliss-reactive ketones (excluding diaryl/α,β-unsaturated/α-hetero) is 1. The van der Waals surface area contributed by atoms with Gasteiger partial charge in [-0.2, -0.15) is 0 Å². The van der Waals surface area contributed by atoms with Gasteiger partial charge in [-0.15, -0.1) is 0 Å². The zero-order valence-corrected chi connectivity index (χ0v) is 21.4. The van der Waals surface area contributed by atoms with Crippen LogP contribution in [0.5, 0.6) is 5.75 Å². The topological polar surface area (TPSA) is 72.9 Å². The number of halogens is 2. The molecule has 198 valence electrons. The molecule has 8 heteroatoms. The number of carbonyl (C=O) groups excluding carboxylic acids is 3. The third-order valence-electron chi connectivity index (χ3n) is 6.17. The molecule has 0 bridgehead atoms. The third-order valence-corrected chi connectivity index (χ3v) is 6.17. The molecule has 0 spiro atoms. The lowest BCUT2D eigenvalue weighted by Crippen LogP contribution is -2.55. The Bertz CT molecular complexity index is 1300. The van der Waals surface area contributed by atoms with E-state index in [4.69, 9.17) is 9.47 Å². The molecule has 0 aliphatic carbocycles. The van der Waals surface area contributed by atoms with E-state index in [1.165, 1.54) is 36.4 Å². The van der Waals surface area contributed by atoms with Crippen molar-refractivity contribution in [3.63, 3.8) is 0 Å². The molecule has 1 heterocycles. The molecule has 38 heavy (non-hydrogen) atoms. The standard InChI is InChI=1S/C30H29F2NO5/c1-30(2,3)38-27(35)18-37-24-14-6-20(7-15-24)28-25(16-17-26(34)19-4-8-21(31)9-5-19)29(36)33(28)23-12-10-22(32)11-13-23/h4-15,25,28H,16-18H2,1-3H3. The minimum Gasteiger partial charge on any atom is -0.482 e. The molecular formula is C30H29F2NO5. The Labute approximate surface area is 220 Å². The number of nitrogens with zero attached hydrogens (tertiary/aromatic N) is 1. The summed E-state index contributed by atoms with van der Waals surface area (Å²) in [4.78, 5) is 39.4. The van der Waals surface area contributed by atoms with E-state index < -0.39 is 29.1 Å². The van der Waals surface area contributed by atoms with Gasteiger partial charge >= 0.3 is 5.97 Å². The molecule has 3 aromatic carbocycles. The highest BCUT2D eigenvalue weighted by Crippen LogP contribution is 2.46. The maximum atomic E-state index is 13.5. The first-order chi connectivity index (χ1) is 18.0. The Morgan fingerprint density at radius 1 is 0.868 bits per heavy atom. The number of anilines is 1. The van der Waals surface area contributed by atoms with E-state index in [9.17, 15) is 23.2 Å². The van der Waals surface area contributed by atoms with E-state index in [0.717, 1.165) is 5.56 Å². The van der Waals surface area contributed by atoms with Crippen LogP contribution in [0.15, 0.2) is 72.8 Å². The van der Waals surface area contributed by atoms with Gasteiger partial charge in [-0.3, -0.25) is 9.59 Å². The number of β-lactam (4-membered cyclic amide) rings is 1. The zero-order chi connectivity index (χ0) is 27.4. The van der Waals surface area contributed by atoms with Gasteiger partial charge in [0.15, 0.2) is 12.4 Å². The number of carbonyl (C=O) groups is 3. The summed E-state index contributed by atoms with van der Waals surface area (Å²) >= 11 is 0. The smallest absolute Gasteiger partial charge is 0.344 e. The second-order valence-corrected chi connectivity index (χ2v) is 10.1. The Balaban J connectivity index is 1.49. The molecule has 0 aromatic heterocycles. The maximum Gasteiger partial charge on any atom is 0.344 e. The number of ketones is 1. The Morgan fingerprint density at radius 3 is 2.03 bits per heavy atom. The lowest BCUT2D eigenvalue weighted by molar-refractivity contribution is -0.157. The second kappa shape index (κ2) is 11.1. The van der Waals surface area contributed by atoms with Gasteiger partial charge in [-0.25, -0.2) is 13.6 Å². The fourth-order valence-corrected chi connectivity index (χ4v) is 4.44. The van der Waals surface area contributed by atoms with Crippen molar-refractivity contribution in [2.45, 2.75) is 45.3 Å². The van der Waals surface area contributed by atoms with Crippen molar-refractivity contribution in [2.75, 3.05) is 11.5 Å². The van der Waals surface area contributed by atoms with Gasteiger partial charge in [0.05, 0.1) is 12.0 Å². The second-order valence-electron chi connectivity index (χ2n) is 10.1. The van der Waals surface area contributed by atoms with Crippen molar-refractivity contribution >= 4 is 23.3 Å². The van der Waals surface area contributed by atoms with Crippen molar-refractivity contribution in [3.05, 3.63) is 95.6 Å². The van der Waals surface area contributed by atoms with Crippen LogP contribution in [0.4, 0.5) is 14.5 Å². The van der Waals surface area contributed by atoms with Crippen LogP contribution >= 0.6 is 0 Å². The Kier molecular flexibility index (Phi) is 7.90. The van der Waals surface area contributed by atoms with E-state index >= 15 is 0 Å². The van der Waals surface area contributed by atoms with Crippen molar-refractivity contribution < 1.29 is 32.6 Å². The number of hydrogen-bond acceptors (Lipinski definition) is 5. The van der Waals surface area contributed by atoms with Crippen LogP contribution in [0, 0.1) is 17.6 Å². The summed E-state index contributed by atoms with van der Waals surface area (Å²) in [5.74, 6) is -1.68. The Morgan fingerprint density at radius 2 is 1.45 bits per heavy atom. The summed E-state index contributed by atoms with van der Waals surface area (Å²) in [6.45, 7) is 5.08. The highest BCUT2D eigenvalue weighted by molar-refractivity contribution is 6.04. The summed E-state index contributed by atoms with van der Waals surface area (Å²) in [5, 5.41) is 0. The molecule has 0 N–H and O–H groups in total. The van der Waals surface area contributed by atoms with Crippen LogP contribution in [0.25, 0.3) is 0 Å². The van der Waals surface area contributed by atoms with Crippen LogP contribution in [0.1, 0.15) is 55.6 Å². The number of esters is 1. The summed E-state index contributed by atoms with van der Waals surface area (Å²) in [5.41, 5.74) is 1.12. The van der Waals surface area contributed by atoms with Crippen molar-refractivity contribution in [1.29, 1.82) is 0 Å². The van der Waals surface area contributed by atoms with E-state index in [1.54, 1.807) is 62.1 Å². The summed E-state index contributed by atoms with van der Waals surface area (Å²) in [6, 6.07) is 17.6. The average molecular weight is 522 g/mol. The first-order valence-electron chi connectivity index (χ1n) is 12.3. The lowest BCUT2D eigenvalue weighted by atomic mass is 9.78. The molecule has 2 atom stereocenters. The molecule has 1 amide bonds. The number of hydrogen-bond donors (Lipinski definition) is 0. The molecule has 0 radical (unpaired) electrons. The number of amides is 1. The van der Waals surface area contributed by atoms with E-state index in [0.29, 0.717) is 23.4 Å². The molecule has 6 nitrogen and oxygen atoms in total. The predicted molar refractivity (Wildman–Crippen MR) is 138 cm³/mol. The van der Waals surface area contributed by atoms with Crippen molar-refractivity contribution in [1.82, 2.24) is 0 Å². The van der Waals surface area contributed by atoms with Gasteiger partial charge in [-0.1, -0.05) is 12.1 Å². The van der Waals surface area contributed by atoms with E-state index in [2.05, 4.69) is 0 Å². The summed E-state index contributed by atoms with van der Waals surface area (Å²) in [6.07, 6.45) is 0.418. The van der Waals surface area contributed by atoms with Crippen molar-refractivity contribution in [3.8, 4) is 5.75 Å². The molecule has 1 aliphatic heterocycles. The van der Waals surface area contributed by atoms with Crippen LogP contribution in [-0.4, -0.2) is 29.9 Å². The average Bonchev–Trinajstić information content (AvgIpc) is 2.87. The number of benzene rings is 3. The molecular weight excluding hydrogens is 492 g/mol. The van der Waals surface area contributed by atoms with Crippen LogP contribution in [-0.2, 0) is 14.3 Å². The normalized spacial score (nSPS) is 17.1.